The van der Waals surface area contributed by atoms with Crippen LogP contribution in [0.3, 0.4) is 0 Å². The average Bonchev–Trinajstić information content (AvgIpc) is 3.00. The van der Waals surface area contributed by atoms with Gasteiger partial charge in [0.25, 0.3) is 5.91 Å². The molecule has 2 aliphatic heterocycles. The third kappa shape index (κ3) is 7.18. The number of aliphatic hydroxyl groups is 1. The van der Waals surface area contributed by atoms with Gasteiger partial charge >= 0.3 is 6.18 Å². The Hall–Kier alpha value is -3.64. The fraction of sp³-hybridized carbons (Fsp3) is 0.531. The molecule has 0 bridgehead atoms. The Morgan fingerprint density at radius 1 is 0.977 bits per heavy atom. The maximum atomic E-state index is 13.7. The van der Waals surface area contributed by atoms with Crippen LogP contribution in [0.2, 0.25) is 0 Å². The standard InChI is InChI=1S/C32H39F3N4O5/c1-36-27(40)23-7-11-25(12-8-23)44-24-9-5-22(6-10-24)20-38-17-15-31(16-18-38)29(42)37-26(19-30(43)13-3-2-4-14-30)28(41)39(31)21-32(33,34)35/h5-12,26,43H,2-4,13-21H2,1H3,(H,36,40)(H,37,42)/t26-/m1/s1. The first-order valence-corrected chi connectivity index (χ1v) is 15.1. The second kappa shape index (κ2) is 12.8. The molecule has 0 unspecified atom stereocenters. The van der Waals surface area contributed by atoms with Crippen molar-refractivity contribution in [3.63, 3.8) is 0 Å². The fourth-order valence-electron chi connectivity index (χ4n) is 6.67. The maximum absolute atomic E-state index is 13.7. The first-order chi connectivity index (χ1) is 20.9. The number of carbonyl (C=O) groups is 3. The molecule has 2 saturated heterocycles. The van der Waals surface area contributed by atoms with Gasteiger partial charge in [-0.25, -0.2) is 0 Å². The molecule has 2 aromatic rings. The highest BCUT2D eigenvalue weighted by molar-refractivity contribution is 6.00. The lowest BCUT2D eigenvalue weighted by Gasteiger charge is -2.52. The summed E-state index contributed by atoms with van der Waals surface area (Å²) in [6, 6.07) is 13.0. The number of rotatable bonds is 8. The number of benzene rings is 2. The van der Waals surface area contributed by atoms with Crippen LogP contribution >= 0.6 is 0 Å². The maximum Gasteiger partial charge on any atom is 0.406 e. The van der Waals surface area contributed by atoms with Crippen LogP contribution in [0.5, 0.6) is 11.5 Å². The lowest BCUT2D eigenvalue weighted by molar-refractivity contribution is -0.188. The Morgan fingerprint density at radius 3 is 2.14 bits per heavy atom. The van der Waals surface area contributed by atoms with E-state index in [0.29, 0.717) is 49.5 Å². The number of ether oxygens (including phenoxy) is 1. The zero-order valence-electron chi connectivity index (χ0n) is 24.8. The second-order valence-corrected chi connectivity index (χ2v) is 12.2. The van der Waals surface area contributed by atoms with E-state index >= 15 is 0 Å². The van der Waals surface area contributed by atoms with E-state index in [-0.39, 0.29) is 25.2 Å². The Bertz CT molecular complexity index is 1340. The van der Waals surface area contributed by atoms with Gasteiger partial charge in [0.15, 0.2) is 0 Å². The van der Waals surface area contributed by atoms with Crippen molar-refractivity contribution in [3.8, 4) is 11.5 Å². The number of likely N-dealkylation sites (tertiary alicyclic amines) is 1. The zero-order valence-corrected chi connectivity index (χ0v) is 24.8. The summed E-state index contributed by atoms with van der Waals surface area (Å²) in [6.07, 6.45) is -1.15. The third-order valence-electron chi connectivity index (χ3n) is 9.11. The van der Waals surface area contributed by atoms with Crippen molar-refractivity contribution in [2.45, 2.75) is 81.3 Å². The van der Waals surface area contributed by atoms with Gasteiger partial charge in [-0.3, -0.25) is 19.3 Å². The number of piperazine rings is 1. The number of alkyl halides is 3. The van der Waals surface area contributed by atoms with E-state index in [1.807, 2.05) is 24.3 Å². The minimum absolute atomic E-state index is 0.0742. The molecule has 0 aromatic heterocycles. The lowest BCUT2D eigenvalue weighted by atomic mass is 9.77. The van der Waals surface area contributed by atoms with E-state index in [9.17, 15) is 32.7 Å². The number of nitrogens with zero attached hydrogens (tertiary/aromatic N) is 2. The van der Waals surface area contributed by atoms with Crippen molar-refractivity contribution >= 4 is 17.7 Å². The molecule has 3 amide bonds. The molecule has 3 fully saturated rings. The normalized spacial score (nSPS) is 22.0. The number of nitrogens with one attached hydrogen (secondary N) is 2. The van der Waals surface area contributed by atoms with Crippen molar-refractivity contribution in [2.75, 3.05) is 26.7 Å². The smallest absolute Gasteiger partial charge is 0.406 e. The molecule has 2 heterocycles. The second-order valence-electron chi connectivity index (χ2n) is 12.2. The van der Waals surface area contributed by atoms with Crippen LogP contribution in [0, 0.1) is 0 Å². The van der Waals surface area contributed by atoms with Crippen molar-refractivity contribution in [2.24, 2.45) is 0 Å². The number of hydrogen-bond donors (Lipinski definition) is 3. The van der Waals surface area contributed by atoms with Crippen LogP contribution in [-0.2, 0) is 16.1 Å². The average molecular weight is 617 g/mol. The minimum atomic E-state index is -4.67. The summed E-state index contributed by atoms with van der Waals surface area (Å²) in [4.78, 5) is 41.5. The Balaban J connectivity index is 1.21. The molecule has 5 rings (SSSR count). The van der Waals surface area contributed by atoms with Gasteiger partial charge in [-0.1, -0.05) is 31.4 Å². The number of carbonyl (C=O) groups excluding carboxylic acids is 3. The Labute approximate surface area is 254 Å². The summed E-state index contributed by atoms with van der Waals surface area (Å²) >= 11 is 0. The first-order valence-electron chi connectivity index (χ1n) is 15.1. The quantitative estimate of drug-likeness (QED) is 0.411. The molecule has 1 saturated carbocycles. The molecule has 1 aliphatic carbocycles. The molecule has 1 atom stereocenters. The molecule has 3 N–H and O–H groups in total. The summed E-state index contributed by atoms with van der Waals surface area (Å²) in [5.41, 5.74) is -1.27. The summed E-state index contributed by atoms with van der Waals surface area (Å²) < 4.78 is 47.0. The molecule has 12 heteroatoms. The monoisotopic (exact) mass is 616 g/mol. The van der Waals surface area contributed by atoms with E-state index in [2.05, 4.69) is 15.5 Å². The molecule has 2 aromatic carbocycles. The molecular formula is C32H39F3N4O5. The van der Waals surface area contributed by atoms with Gasteiger partial charge in [-0.15, -0.1) is 0 Å². The largest absolute Gasteiger partial charge is 0.457 e. The zero-order chi connectivity index (χ0) is 31.5. The van der Waals surface area contributed by atoms with Gasteiger partial charge in [0.05, 0.1) is 5.60 Å². The van der Waals surface area contributed by atoms with Gasteiger partial charge in [0.2, 0.25) is 11.8 Å². The molecule has 3 aliphatic rings. The molecule has 1 spiro atoms. The number of halogens is 3. The van der Waals surface area contributed by atoms with Gasteiger partial charge in [-0.2, -0.15) is 13.2 Å². The van der Waals surface area contributed by atoms with Gasteiger partial charge in [-0.05, 0) is 67.6 Å². The van der Waals surface area contributed by atoms with Crippen LogP contribution in [0.4, 0.5) is 13.2 Å². The van der Waals surface area contributed by atoms with Crippen LogP contribution in [0.15, 0.2) is 48.5 Å². The summed E-state index contributed by atoms with van der Waals surface area (Å²) in [5.74, 6) is -0.354. The fourth-order valence-corrected chi connectivity index (χ4v) is 6.67. The predicted molar refractivity (Wildman–Crippen MR) is 156 cm³/mol. The number of piperidine rings is 1. The van der Waals surface area contributed by atoms with Crippen molar-refractivity contribution in [1.82, 2.24) is 20.4 Å². The third-order valence-corrected chi connectivity index (χ3v) is 9.11. The van der Waals surface area contributed by atoms with Crippen molar-refractivity contribution in [3.05, 3.63) is 59.7 Å². The van der Waals surface area contributed by atoms with Crippen LogP contribution in [0.1, 0.15) is 67.3 Å². The van der Waals surface area contributed by atoms with E-state index in [1.165, 1.54) is 0 Å². The van der Waals surface area contributed by atoms with Crippen molar-refractivity contribution in [1.29, 1.82) is 0 Å². The predicted octanol–water partition coefficient (Wildman–Crippen LogP) is 4.15. The highest BCUT2D eigenvalue weighted by Gasteiger charge is 2.57. The molecule has 238 valence electrons. The van der Waals surface area contributed by atoms with Crippen molar-refractivity contribution < 1.29 is 37.4 Å². The molecule has 0 radical (unpaired) electrons. The van der Waals surface area contributed by atoms with Crippen LogP contribution < -0.4 is 15.4 Å². The minimum Gasteiger partial charge on any atom is -0.457 e. The Morgan fingerprint density at radius 2 is 1.57 bits per heavy atom. The van der Waals surface area contributed by atoms with E-state index < -0.39 is 41.7 Å². The highest BCUT2D eigenvalue weighted by atomic mass is 19.4. The van der Waals surface area contributed by atoms with Crippen LogP contribution in [-0.4, -0.2) is 82.7 Å². The summed E-state index contributed by atoms with van der Waals surface area (Å²) in [7, 11) is 1.56. The number of hydrogen-bond acceptors (Lipinski definition) is 6. The van der Waals surface area contributed by atoms with Gasteiger partial charge in [0.1, 0.15) is 29.6 Å². The van der Waals surface area contributed by atoms with Gasteiger partial charge < -0.3 is 25.4 Å². The molecule has 44 heavy (non-hydrogen) atoms. The SMILES string of the molecule is CNC(=O)c1ccc(Oc2ccc(CN3CCC4(CC3)C(=O)N[C@H](CC3(O)CCCCC3)C(=O)N4CC(F)(F)F)cc2)cc1. The molecule has 9 nitrogen and oxygen atoms in total. The number of amides is 3. The summed E-state index contributed by atoms with van der Waals surface area (Å²) in [6.45, 7) is -0.314. The van der Waals surface area contributed by atoms with Gasteiger partial charge in [0, 0.05) is 38.7 Å². The van der Waals surface area contributed by atoms with E-state index in [0.717, 1.165) is 29.7 Å². The Kier molecular flexibility index (Phi) is 9.22. The first kappa shape index (κ1) is 31.8. The van der Waals surface area contributed by atoms with Crippen LogP contribution in [0.25, 0.3) is 0 Å². The highest BCUT2D eigenvalue weighted by Crippen LogP contribution is 2.39. The molecular weight excluding hydrogens is 577 g/mol. The van der Waals surface area contributed by atoms with E-state index in [1.54, 1.807) is 31.3 Å². The summed E-state index contributed by atoms with van der Waals surface area (Å²) in [5, 5.41) is 16.3. The lowest BCUT2D eigenvalue weighted by Crippen LogP contribution is -2.74. The van der Waals surface area contributed by atoms with E-state index in [4.69, 9.17) is 4.74 Å². The topological polar surface area (TPSA) is 111 Å².